The number of rotatable bonds is 3. The average molecular weight is 273 g/mol. The lowest BCUT2D eigenvalue weighted by Gasteiger charge is -2.37. The number of piperazine rings is 1. The molecule has 3 nitrogen and oxygen atoms in total. The summed E-state index contributed by atoms with van der Waals surface area (Å²) in [5.74, 6) is 0.203. The highest BCUT2D eigenvalue weighted by Crippen LogP contribution is 2.24. The van der Waals surface area contributed by atoms with E-state index in [1.807, 2.05) is 6.07 Å². The van der Waals surface area contributed by atoms with Gasteiger partial charge in [0, 0.05) is 32.1 Å². The molecule has 1 aliphatic heterocycles. The second-order valence-corrected chi connectivity index (χ2v) is 6.34. The third kappa shape index (κ3) is 3.28. The summed E-state index contributed by atoms with van der Waals surface area (Å²) in [5, 5.41) is 0. The Labute approximate surface area is 111 Å². The van der Waals surface area contributed by atoms with Crippen molar-refractivity contribution in [2.75, 3.05) is 33.7 Å². The molecule has 1 saturated heterocycles. The van der Waals surface area contributed by atoms with Crippen molar-refractivity contribution in [2.45, 2.75) is 12.5 Å². The van der Waals surface area contributed by atoms with Gasteiger partial charge in [-0.3, -0.25) is 4.79 Å². The van der Waals surface area contributed by atoms with E-state index in [9.17, 15) is 4.79 Å². The summed E-state index contributed by atoms with van der Waals surface area (Å²) in [6, 6.07) is 3.93. The Morgan fingerprint density at radius 2 is 2.24 bits per heavy atom. The van der Waals surface area contributed by atoms with Gasteiger partial charge in [0.25, 0.3) is 0 Å². The van der Waals surface area contributed by atoms with Crippen LogP contribution in [0, 0.1) is 0 Å². The molecule has 0 spiro atoms. The summed E-state index contributed by atoms with van der Waals surface area (Å²) < 4.78 is 0.683. The normalized spacial score (nSPS) is 22.9. The number of likely N-dealkylation sites (N-methyl/N-ethyl adjacent to an activating group) is 2. The largest absolute Gasteiger partial charge is 0.304 e. The summed E-state index contributed by atoms with van der Waals surface area (Å²) in [6.45, 7) is 3.06. The maximum atomic E-state index is 12.1. The number of hydrogen-bond acceptors (Lipinski definition) is 4. The van der Waals surface area contributed by atoms with Crippen molar-refractivity contribution in [2.24, 2.45) is 0 Å². The van der Waals surface area contributed by atoms with Crippen LogP contribution in [-0.4, -0.2) is 55.4 Å². The summed E-state index contributed by atoms with van der Waals surface area (Å²) in [4.78, 5) is 17.4. The van der Waals surface area contributed by atoms with Gasteiger partial charge in [0.05, 0.1) is 9.21 Å². The van der Waals surface area contributed by atoms with Gasteiger partial charge in [-0.25, -0.2) is 0 Å². The molecular formula is C12H17ClN2OS. The van der Waals surface area contributed by atoms with Crippen LogP contribution >= 0.6 is 22.9 Å². The molecule has 1 aromatic rings. The molecule has 2 rings (SSSR count). The molecule has 1 aromatic heterocycles. The van der Waals surface area contributed by atoms with Gasteiger partial charge in [0.2, 0.25) is 0 Å². The van der Waals surface area contributed by atoms with E-state index < -0.39 is 0 Å². The lowest BCUT2D eigenvalue weighted by Crippen LogP contribution is -2.50. The predicted octanol–water partition coefficient (Wildman–Crippen LogP) is 2.22. The molecule has 0 bridgehead atoms. The van der Waals surface area contributed by atoms with Gasteiger partial charge in [-0.15, -0.1) is 11.3 Å². The van der Waals surface area contributed by atoms with Crippen molar-refractivity contribution < 1.29 is 4.79 Å². The van der Waals surface area contributed by atoms with Crippen LogP contribution in [0.5, 0.6) is 0 Å². The molecule has 0 saturated carbocycles. The Hall–Kier alpha value is -0.420. The van der Waals surface area contributed by atoms with E-state index >= 15 is 0 Å². The zero-order valence-corrected chi connectivity index (χ0v) is 11.7. The highest BCUT2D eigenvalue weighted by Gasteiger charge is 2.25. The van der Waals surface area contributed by atoms with Gasteiger partial charge in [-0.1, -0.05) is 11.6 Å². The molecule has 1 unspecified atom stereocenters. The highest BCUT2D eigenvalue weighted by atomic mass is 35.5. The summed E-state index contributed by atoms with van der Waals surface area (Å²) >= 11 is 7.22. The molecule has 1 atom stereocenters. The summed E-state index contributed by atoms with van der Waals surface area (Å²) in [6.07, 6.45) is 0.581. The van der Waals surface area contributed by atoms with Crippen LogP contribution in [0.2, 0.25) is 4.34 Å². The fourth-order valence-electron chi connectivity index (χ4n) is 2.10. The first-order valence-corrected chi connectivity index (χ1v) is 6.93. The van der Waals surface area contributed by atoms with Crippen molar-refractivity contribution in [1.29, 1.82) is 0 Å². The molecule has 0 aromatic carbocycles. The SMILES string of the molecule is CN1CCN(C)C(CC(=O)c2ccc(Cl)s2)C1. The lowest BCUT2D eigenvalue weighted by atomic mass is 10.1. The molecule has 5 heteroatoms. The average Bonchev–Trinajstić information content (AvgIpc) is 2.70. The third-order valence-corrected chi connectivity index (χ3v) is 4.52. The van der Waals surface area contributed by atoms with Crippen molar-refractivity contribution in [3.8, 4) is 0 Å². The monoisotopic (exact) mass is 272 g/mol. The molecule has 0 amide bonds. The number of thiophene rings is 1. The van der Waals surface area contributed by atoms with E-state index in [0.29, 0.717) is 16.8 Å². The number of halogens is 1. The molecule has 2 heterocycles. The first-order chi connectivity index (χ1) is 8.06. The Balaban J connectivity index is 1.98. The maximum Gasteiger partial charge on any atom is 0.174 e. The molecule has 0 aliphatic carbocycles. The number of carbonyl (C=O) groups is 1. The minimum Gasteiger partial charge on any atom is -0.304 e. The van der Waals surface area contributed by atoms with Crippen molar-refractivity contribution in [3.05, 3.63) is 21.3 Å². The number of Topliss-reactive ketones (excluding diaryl/α,β-unsaturated/α-hetero) is 1. The van der Waals surface area contributed by atoms with E-state index in [1.54, 1.807) is 6.07 Å². The zero-order chi connectivity index (χ0) is 12.4. The smallest absolute Gasteiger partial charge is 0.174 e. The molecular weight excluding hydrogens is 256 g/mol. The van der Waals surface area contributed by atoms with Gasteiger partial charge in [0.1, 0.15) is 0 Å². The molecule has 0 N–H and O–H groups in total. The molecule has 1 fully saturated rings. The second-order valence-electron chi connectivity index (χ2n) is 4.63. The van der Waals surface area contributed by atoms with Crippen LogP contribution in [0.1, 0.15) is 16.1 Å². The number of nitrogens with zero attached hydrogens (tertiary/aromatic N) is 2. The number of carbonyl (C=O) groups excluding carboxylic acids is 1. The van der Waals surface area contributed by atoms with Gasteiger partial charge >= 0.3 is 0 Å². The zero-order valence-electron chi connectivity index (χ0n) is 10.1. The molecule has 17 heavy (non-hydrogen) atoms. The van der Waals surface area contributed by atoms with Crippen LogP contribution in [-0.2, 0) is 0 Å². The van der Waals surface area contributed by atoms with E-state index in [4.69, 9.17) is 11.6 Å². The van der Waals surface area contributed by atoms with Gasteiger partial charge in [-0.05, 0) is 26.2 Å². The van der Waals surface area contributed by atoms with E-state index in [1.165, 1.54) is 11.3 Å². The summed E-state index contributed by atoms with van der Waals surface area (Å²) in [5.41, 5.74) is 0. The first kappa shape index (κ1) is 13.0. The third-order valence-electron chi connectivity index (χ3n) is 3.25. The van der Waals surface area contributed by atoms with E-state index in [2.05, 4.69) is 23.9 Å². The van der Waals surface area contributed by atoms with Crippen molar-refractivity contribution in [1.82, 2.24) is 9.80 Å². The minimum absolute atomic E-state index is 0.203. The van der Waals surface area contributed by atoms with E-state index in [0.717, 1.165) is 24.5 Å². The topological polar surface area (TPSA) is 23.6 Å². The van der Waals surface area contributed by atoms with Crippen LogP contribution in [0.3, 0.4) is 0 Å². The fourth-order valence-corrected chi connectivity index (χ4v) is 3.09. The van der Waals surface area contributed by atoms with Crippen molar-refractivity contribution >= 4 is 28.7 Å². The Morgan fingerprint density at radius 3 is 2.88 bits per heavy atom. The minimum atomic E-state index is 0.203. The highest BCUT2D eigenvalue weighted by molar-refractivity contribution is 7.18. The maximum absolute atomic E-state index is 12.1. The number of hydrogen-bond donors (Lipinski definition) is 0. The van der Waals surface area contributed by atoms with Gasteiger partial charge < -0.3 is 9.80 Å². The Bertz CT molecular complexity index is 407. The fraction of sp³-hybridized carbons (Fsp3) is 0.583. The van der Waals surface area contributed by atoms with Crippen molar-refractivity contribution in [3.63, 3.8) is 0 Å². The quantitative estimate of drug-likeness (QED) is 0.789. The lowest BCUT2D eigenvalue weighted by molar-refractivity contribution is 0.0813. The molecule has 0 radical (unpaired) electrons. The van der Waals surface area contributed by atoms with Gasteiger partial charge in [-0.2, -0.15) is 0 Å². The second kappa shape index (κ2) is 5.48. The first-order valence-electron chi connectivity index (χ1n) is 5.73. The molecule has 94 valence electrons. The number of ketones is 1. The summed E-state index contributed by atoms with van der Waals surface area (Å²) in [7, 11) is 4.19. The Kier molecular flexibility index (Phi) is 4.20. The van der Waals surface area contributed by atoms with Crippen LogP contribution in [0.25, 0.3) is 0 Å². The predicted molar refractivity (Wildman–Crippen MR) is 72.2 cm³/mol. The van der Waals surface area contributed by atoms with Crippen LogP contribution in [0.4, 0.5) is 0 Å². The van der Waals surface area contributed by atoms with Crippen LogP contribution < -0.4 is 0 Å². The van der Waals surface area contributed by atoms with Crippen LogP contribution in [0.15, 0.2) is 12.1 Å². The Morgan fingerprint density at radius 1 is 1.47 bits per heavy atom. The standard InChI is InChI=1S/C12H17ClN2OS/c1-14-5-6-15(2)9(8-14)7-10(16)11-3-4-12(13)17-11/h3-4,9H,5-8H2,1-2H3. The molecule has 1 aliphatic rings. The van der Waals surface area contributed by atoms with E-state index in [-0.39, 0.29) is 5.78 Å². The van der Waals surface area contributed by atoms with Gasteiger partial charge in [0.15, 0.2) is 5.78 Å².